The van der Waals surface area contributed by atoms with Crippen LogP contribution in [0.3, 0.4) is 0 Å². The molecule has 0 aliphatic carbocycles. The second-order valence-corrected chi connectivity index (χ2v) is 7.03. The highest BCUT2D eigenvalue weighted by molar-refractivity contribution is 5.68. The first kappa shape index (κ1) is 18.8. The number of carbonyl (C=O) groups is 1. The van der Waals surface area contributed by atoms with E-state index in [0.717, 1.165) is 12.8 Å². The number of nitrogens with zero attached hydrogens (tertiary/aromatic N) is 2. The molecule has 2 rings (SSSR count). The Morgan fingerprint density at radius 3 is 2.48 bits per heavy atom. The van der Waals surface area contributed by atoms with E-state index in [9.17, 15) is 14.9 Å². The van der Waals surface area contributed by atoms with E-state index in [2.05, 4.69) is 5.32 Å². The van der Waals surface area contributed by atoms with Gasteiger partial charge in [-0.3, -0.25) is 10.1 Å². The summed E-state index contributed by atoms with van der Waals surface area (Å²) in [6.07, 6.45) is 1.15. The lowest BCUT2D eigenvalue weighted by Crippen LogP contribution is -2.44. The van der Waals surface area contributed by atoms with Gasteiger partial charge in [0.05, 0.1) is 17.7 Å². The summed E-state index contributed by atoms with van der Waals surface area (Å²) in [5, 5.41) is 14.3. The third-order valence-corrected chi connectivity index (χ3v) is 3.90. The summed E-state index contributed by atoms with van der Waals surface area (Å²) in [6, 6.07) is 4.57. The number of rotatable bonds is 4. The van der Waals surface area contributed by atoms with Crippen LogP contribution < -0.4 is 10.1 Å². The Morgan fingerprint density at radius 1 is 1.32 bits per heavy atom. The molecule has 1 aromatic carbocycles. The van der Waals surface area contributed by atoms with Gasteiger partial charge in [0.25, 0.3) is 5.69 Å². The van der Waals surface area contributed by atoms with E-state index in [-0.39, 0.29) is 17.8 Å². The quantitative estimate of drug-likeness (QED) is 0.660. The molecule has 25 heavy (non-hydrogen) atoms. The van der Waals surface area contributed by atoms with Crippen molar-refractivity contribution >= 4 is 17.5 Å². The van der Waals surface area contributed by atoms with Gasteiger partial charge in [-0.2, -0.15) is 0 Å². The van der Waals surface area contributed by atoms with Crippen LogP contribution in [0.25, 0.3) is 0 Å². The largest absolute Gasteiger partial charge is 0.495 e. The lowest BCUT2D eigenvalue weighted by Gasteiger charge is -2.34. The minimum Gasteiger partial charge on any atom is -0.495 e. The Balaban J connectivity index is 1.97. The first-order chi connectivity index (χ1) is 11.7. The van der Waals surface area contributed by atoms with E-state index < -0.39 is 10.5 Å². The zero-order chi connectivity index (χ0) is 18.6. The summed E-state index contributed by atoms with van der Waals surface area (Å²) in [6.45, 7) is 6.67. The summed E-state index contributed by atoms with van der Waals surface area (Å²) in [7, 11) is 1.53. The standard InChI is InChI=1S/C17H25N3O5/c1-17(2,3)25-16(21)19-9-7-12(8-10-19)18-14-11-13(20(22)23)5-6-15(14)24-4/h5-6,11-12,18H,7-10H2,1-4H3. The van der Waals surface area contributed by atoms with Gasteiger partial charge in [0.2, 0.25) is 0 Å². The topological polar surface area (TPSA) is 93.9 Å². The van der Waals surface area contributed by atoms with Gasteiger partial charge in [-0.05, 0) is 39.7 Å². The Morgan fingerprint density at radius 2 is 1.96 bits per heavy atom. The molecule has 8 heteroatoms. The highest BCUT2D eigenvalue weighted by Crippen LogP contribution is 2.30. The van der Waals surface area contributed by atoms with Crippen LogP contribution in [0.5, 0.6) is 5.75 Å². The Bertz CT molecular complexity index is 634. The van der Waals surface area contributed by atoms with Crippen molar-refractivity contribution < 1.29 is 19.2 Å². The van der Waals surface area contributed by atoms with Crippen LogP contribution >= 0.6 is 0 Å². The molecule has 0 spiro atoms. The molecule has 1 fully saturated rings. The number of benzene rings is 1. The van der Waals surface area contributed by atoms with Gasteiger partial charge in [-0.1, -0.05) is 0 Å². The maximum atomic E-state index is 12.1. The number of methoxy groups -OCH3 is 1. The predicted octanol–water partition coefficient (Wildman–Crippen LogP) is 3.41. The lowest BCUT2D eigenvalue weighted by molar-refractivity contribution is -0.384. The van der Waals surface area contributed by atoms with Gasteiger partial charge in [0.15, 0.2) is 0 Å². The summed E-state index contributed by atoms with van der Waals surface area (Å²) < 4.78 is 10.6. The van der Waals surface area contributed by atoms with Crippen molar-refractivity contribution in [1.29, 1.82) is 0 Å². The fourth-order valence-electron chi connectivity index (χ4n) is 2.68. The van der Waals surface area contributed by atoms with Crippen LogP contribution in [0, 0.1) is 10.1 Å². The fraction of sp³-hybridized carbons (Fsp3) is 0.588. The van der Waals surface area contributed by atoms with E-state index in [1.54, 1.807) is 11.0 Å². The zero-order valence-electron chi connectivity index (χ0n) is 15.1. The van der Waals surface area contributed by atoms with Crippen molar-refractivity contribution in [3.63, 3.8) is 0 Å². The first-order valence-electron chi connectivity index (χ1n) is 8.26. The van der Waals surface area contributed by atoms with Crippen molar-refractivity contribution in [2.75, 3.05) is 25.5 Å². The van der Waals surface area contributed by atoms with E-state index in [1.807, 2.05) is 20.8 Å². The molecule has 0 bridgehead atoms. The van der Waals surface area contributed by atoms with Crippen LogP contribution in [0.15, 0.2) is 18.2 Å². The van der Waals surface area contributed by atoms with Gasteiger partial charge in [0, 0.05) is 31.3 Å². The molecule has 1 N–H and O–H groups in total. The van der Waals surface area contributed by atoms with Crippen LogP contribution in [0.1, 0.15) is 33.6 Å². The van der Waals surface area contributed by atoms with E-state index >= 15 is 0 Å². The van der Waals surface area contributed by atoms with Gasteiger partial charge in [0.1, 0.15) is 11.4 Å². The molecule has 0 saturated carbocycles. The van der Waals surface area contributed by atoms with Crippen molar-refractivity contribution in [1.82, 2.24) is 4.90 Å². The molecule has 1 heterocycles. The molecule has 1 aliphatic rings. The number of nitro benzene ring substituents is 1. The summed E-state index contributed by atoms with van der Waals surface area (Å²) in [5.74, 6) is 0.556. The molecule has 138 valence electrons. The molecule has 8 nitrogen and oxygen atoms in total. The Labute approximate surface area is 147 Å². The number of anilines is 1. The van der Waals surface area contributed by atoms with Gasteiger partial charge < -0.3 is 19.7 Å². The molecule has 0 aromatic heterocycles. The van der Waals surface area contributed by atoms with Crippen molar-refractivity contribution in [3.8, 4) is 5.75 Å². The Kier molecular flexibility index (Phi) is 5.71. The van der Waals surface area contributed by atoms with Crippen LogP contribution in [0.4, 0.5) is 16.2 Å². The number of non-ortho nitro benzene ring substituents is 1. The number of ether oxygens (including phenoxy) is 2. The van der Waals surface area contributed by atoms with E-state index in [1.165, 1.54) is 19.2 Å². The monoisotopic (exact) mass is 351 g/mol. The summed E-state index contributed by atoms with van der Waals surface area (Å²) in [4.78, 5) is 24.3. The maximum absolute atomic E-state index is 12.1. The molecule has 1 aliphatic heterocycles. The van der Waals surface area contributed by atoms with Crippen molar-refractivity contribution in [2.45, 2.75) is 45.3 Å². The molecule has 0 radical (unpaired) electrons. The van der Waals surface area contributed by atoms with Gasteiger partial charge in [-0.25, -0.2) is 4.79 Å². The van der Waals surface area contributed by atoms with Crippen LogP contribution in [-0.4, -0.2) is 47.8 Å². The second-order valence-electron chi connectivity index (χ2n) is 7.03. The minimum atomic E-state index is -0.511. The number of nitro groups is 1. The number of likely N-dealkylation sites (tertiary alicyclic amines) is 1. The molecule has 0 atom stereocenters. The summed E-state index contributed by atoms with van der Waals surface area (Å²) >= 11 is 0. The normalized spacial score (nSPS) is 15.6. The van der Waals surface area contributed by atoms with Crippen LogP contribution in [0.2, 0.25) is 0 Å². The van der Waals surface area contributed by atoms with Gasteiger partial charge >= 0.3 is 6.09 Å². The number of amides is 1. The number of nitrogens with one attached hydrogen (secondary N) is 1. The first-order valence-corrected chi connectivity index (χ1v) is 8.26. The van der Waals surface area contributed by atoms with E-state index in [0.29, 0.717) is 24.5 Å². The zero-order valence-corrected chi connectivity index (χ0v) is 15.1. The smallest absolute Gasteiger partial charge is 0.410 e. The highest BCUT2D eigenvalue weighted by atomic mass is 16.6. The highest BCUT2D eigenvalue weighted by Gasteiger charge is 2.27. The van der Waals surface area contributed by atoms with Crippen LogP contribution in [-0.2, 0) is 4.74 Å². The number of carbonyl (C=O) groups excluding carboxylic acids is 1. The van der Waals surface area contributed by atoms with Crippen molar-refractivity contribution in [2.24, 2.45) is 0 Å². The molecule has 1 saturated heterocycles. The summed E-state index contributed by atoms with van der Waals surface area (Å²) in [5.41, 5.74) is 0.0876. The van der Waals surface area contributed by atoms with E-state index in [4.69, 9.17) is 9.47 Å². The molecular formula is C17H25N3O5. The second kappa shape index (κ2) is 7.58. The maximum Gasteiger partial charge on any atom is 0.410 e. The molecular weight excluding hydrogens is 326 g/mol. The number of piperidine rings is 1. The van der Waals surface area contributed by atoms with Gasteiger partial charge in [-0.15, -0.1) is 0 Å². The molecule has 0 unspecified atom stereocenters. The van der Waals surface area contributed by atoms with Crippen molar-refractivity contribution in [3.05, 3.63) is 28.3 Å². The third kappa shape index (κ3) is 5.23. The SMILES string of the molecule is COc1ccc([N+](=O)[O-])cc1NC1CCN(C(=O)OC(C)(C)C)CC1. The fourth-order valence-corrected chi connectivity index (χ4v) is 2.68. The third-order valence-electron chi connectivity index (χ3n) is 3.90. The lowest BCUT2D eigenvalue weighted by atomic mass is 10.0. The average molecular weight is 351 g/mol. The molecule has 1 aromatic rings. The Hall–Kier alpha value is -2.51. The predicted molar refractivity (Wildman–Crippen MR) is 94.1 cm³/mol. The minimum absolute atomic E-state index is 0.00879. The average Bonchev–Trinajstić information content (AvgIpc) is 2.53. The molecule has 1 amide bonds. The number of hydrogen-bond donors (Lipinski definition) is 1. The number of hydrogen-bond acceptors (Lipinski definition) is 6.